The molecule has 8 heteroatoms. The molecule has 0 aliphatic heterocycles. The Hall–Kier alpha value is -1.31. The number of hydrogen-bond donors (Lipinski definition) is 2. The van der Waals surface area contributed by atoms with Crippen LogP contribution in [-0.2, 0) is 19.1 Å². The summed E-state index contributed by atoms with van der Waals surface area (Å²) in [6.45, 7) is 5.09. The normalized spacial score (nSPS) is 15.2. The lowest BCUT2D eigenvalue weighted by Crippen LogP contribution is -2.43. The van der Waals surface area contributed by atoms with Crippen molar-refractivity contribution < 1.29 is 22.6 Å². The van der Waals surface area contributed by atoms with Crippen LogP contribution in [0.25, 0.3) is 0 Å². The van der Waals surface area contributed by atoms with E-state index in [1.54, 1.807) is 20.8 Å². The summed E-state index contributed by atoms with van der Waals surface area (Å²) in [6.07, 6.45) is 0.807. The topological polar surface area (TPSA) is 105 Å². The Morgan fingerprint density at radius 2 is 1.88 bits per heavy atom. The number of nitrogens with zero attached hydrogens (tertiary/aromatic N) is 1. The lowest BCUT2D eigenvalue weighted by atomic mass is 9.80. The predicted octanol–water partition coefficient (Wildman–Crippen LogP) is 0.159. The molecular weight excluding hydrogens is 248 g/mol. The summed E-state index contributed by atoms with van der Waals surface area (Å²) in [7, 11) is -2.45. The first-order chi connectivity index (χ1) is 7.53. The molecule has 0 aromatic carbocycles. The number of carbonyl (C=O) groups excluding carboxylic acids is 1. The molecule has 1 amide bonds. The quantitative estimate of drug-likeness (QED) is 0.249. The van der Waals surface area contributed by atoms with Crippen molar-refractivity contribution in [2.75, 3.05) is 13.3 Å². The van der Waals surface area contributed by atoms with Crippen LogP contribution in [0.15, 0.2) is 5.16 Å². The van der Waals surface area contributed by atoms with Crippen LogP contribution in [0.5, 0.6) is 0 Å². The highest BCUT2D eigenvalue weighted by atomic mass is 32.2. The van der Waals surface area contributed by atoms with Gasteiger partial charge in [0.2, 0.25) is 5.91 Å². The fraction of sp³-hybridized carbons (Fsp3) is 0.778. The van der Waals surface area contributed by atoms with Crippen LogP contribution in [0.4, 0.5) is 0 Å². The molecule has 0 saturated carbocycles. The second-order valence-corrected chi connectivity index (χ2v) is 6.21. The van der Waals surface area contributed by atoms with Gasteiger partial charge in [-0.05, 0) is 5.41 Å². The van der Waals surface area contributed by atoms with Crippen molar-refractivity contribution in [1.82, 2.24) is 5.32 Å². The van der Waals surface area contributed by atoms with Gasteiger partial charge in [0.05, 0.1) is 6.26 Å². The Morgan fingerprint density at radius 3 is 2.12 bits per heavy atom. The SMILES string of the molecule is CNC(=O)C(C(=NO)OS(C)(=O)=O)C(C)(C)C. The lowest BCUT2D eigenvalue weighted by Gasteiger charge is -2.28. The predicted molar refractivity (Wildman–Crippen MR) is 62.2 cm³/mol. The number of carbonyl (C=O) groups is 1. The maximum Gasteiger partial charge on any atom is 0.307 e. The molecule has 0 radical (unpaired) electrons. The van der Waals surface area contributed by atoms with Gasteiger partial charge in [-0.2, -0.15) is 8.42 Å². The van der Waals surface area contributed by atoms with Gasteiger partial charge in [0, 0.05) is 7.05 Å². The molecule has 0 aliphatic carbocycles. The summed E-state index contributed by atoms with van der Waals surface area (Å²) in [4.78, 5) is 11.7. The molecule has 1 unspecified atom stereocenters. The van der Waals surface area contributed by atoms with Gasteiger partial charge in [-0.25, -0.2) is 0 Å². The Bertz CT molecular complexity index is 408. The van der Waals surface area contributed by atoms with E-state index in [0.717, 1.165) is 6.26 Å². The Kier molecular flexibility index (Phi) is 4.94. The molecule has 0 bridgehead atoms. The molecule has 0 saturated heterocycles. The van der Waals surface area contributed by atoms with Crippen LogP contribution in [0.2, 0.25) is 0 Å². The van der Waals surface area contributed by atoms with Gasteiger partial charge < -0.3 is 14.7 Å². The van der Waals surface area contributed by atoms with E-state index in [-0.39, 0.29) is 0 Å². The van der Waals surface area contributed by atoms with Gasteiger partial charge in [0.15, 0.2) is 0 Å². The minimum Gasteiger partial charge on any atom is -0.408 e. The van der Waals surface area contributed by atoms with E-state index in [1.807, 2.05) is 0 Å². The molecule has 0 rings (SSSR count). The number of amides is 1. The molecule has 0 heterocycles. The van der Waals surface area contributed by atoms with Gasteiger partial charge in [-0.1, -0.05) is 25.9 Å². The highest BCUT2D eigenvalue weighted by molar-refractivity contribution is 7.86. The molecule has 0 spiro atoms. The smallest absolute Gasteiger partial charge is 0.307 e. The van der Waals surface area contributed by atoms with E-state index < -0.39 is 33.3 Å². The van der Waals surface area contributed by atoms with E-state index in [4.69, 9.17) is 5.21 Å². The highest BCUT2D eigenvalue weighted by Gasteiger charge is 2.38. The van der Waals surface area contributed by atoms with Gasteiger partial charge in [-0.3, -0.25) is 4.79 Å². The fourth-order valence-corrected chi connectivity index (χ4v) is 1.74. The van der Waals surface area contributed by atoms with Gasteiger partial charge >= 0.3 is 10.1 Å². The molecule has 0 aromatic rings. The number of oxime groups is 1. The summed E-state index contributed by atoms with van der Waals surface area (Å²) in [5.74, 6) is -2.04. The van der Waals surface area contributed by atoms with Crippen LogP contribution in [-0.4, -0.2) is 38.7 Å². The number of rotatable bonds is 3. The van der Waals surface area contributed by atoms with Crippen LogP contribution in [0.3, 0.4) is 0 Å². The zero-order chi connectivity index (χ0) is 13.9. The first-order valence-corrected chi connectivity index (χ1v) is 6.67. The van der Waals surface area contributed by atoms with Crippen LogP contribution in [0, 0.1) is 11.3 Å². The van der Waals surface area contributed by atoms with E-state index in [1.165, 1.54) is 7.05 Å². The zero-order valence-electron chi connectivity index (χ0n) is 10.5. The van der Waals surface area contributed by atoms with Crippen molar-refractivity contribution in [1.29, 1.82) is 0 Å². The number of hydrogen-bond acceptors (Lipinski definition) is 6. The van der Waals surface area contributed by atoms with Crippen molar-refractivity contribution in [3.05, 3.63) is 0 Å². The highest BCUT2D eigenvalue weighted by Crippen LogP contribution is 2.28. The van der Waals surface area contributed by atoms with Crippen LogP contribution < -0.4 is 5.32 Å². The minimum atomic E-state index is -3.85. The first kappa shape index (κ1) is 15.7. The third-order valence-corrected chi connectivity index (χ3v) is 2.43. The lowest BCUT2D eigenvalue weighted by molar-refractivity contribution is -0.125. The second-order valence-electron chi connectivity index (χ2n) is 4.64. The maximum absolute atomic E-state index is 11.7. The maximum atomic E-state index is 11.7. The van der Waals surface area contributed by atoms with Crippen LogP contribution >= 0.6 is 0 Å². The van der Waals surface area contributed by atoms with Gasteiger partial charge in [0.1, 0.15) is 5.92 Å². The molecule has 7 nitrogen and oxygen atoms in total. The Morgan fingerprint density at radius 1 is 1.41 bits per heavy atom. The molecule has 1 atom stereocenters. The first-order valence-electron chi connectivity index (χ1n) is 4.86. The van der Waals surface area contributed by atoms with E-state index >= 15 is 0 Å². The average molecular weight is 266 g/mol. The molecule has 0 aromatic heterocycles. The van der Waals surface area contributed by atoms with Crippen molar-refractivity contribution in [2.24, 2.45) is 16.5 Å². The van der Waals surface area contributed by atoms with Crippen molar-refractivity contribution in [3.8, 4) is 0 Å². The third kappa shape index (κ3) is 5.03. The van der Waals surface area contributed by atoms with Crippen molar-refractivity contribution in [2.45, 2.75) is 20.8 Å². The van der Waals surface area contributed by atoms with E-state index in [0.29, 0.717) is 0 Å². The second kappa shape index (κ2) is 5.35. The summed E-state index contributed by atoms with van der Waals surface area (Å²) in [5.41, 5.74) is -0.660. The standard InChI is InChI=1S/C9H18N2O5S/c1-9(2,3)6(7(12)10-4)8(11-13)16-17(5,14)15/h6,13H,1-5H3,(H,10,12). The zero-order valence-corrected chi connectivity index (χ0v) is 11.3. The van der Waals surface area contributed by atoms with Crippen molar-refractivity contribution in [3.63, 3.8) is 0 Å². The average Bonchev–Trinajstić information content (AvgIpc) is 2.12. The van der Waals surface area contributed by atoms with Crippen molar-refractivity contribution >= 4 is 21.9 Å². The number of nitrogens with one attached hydrogen (secondary N) is 1. The summed E-state index contributed by atoms with van der Waals surface area (Å²) in [6, 6.07) is 0. The van der Waals surface area contributed by atoms with Gasteiger partial charge in [0.25, 0.3) is 5.90 Å². The fourth-order valence-electron chi connectivity index (χ4n) is 1.30. The molecular formula is C9H18N2O5S. The van der Waals surface area contributed by atoms with E-state index in [2.05, 4.69) is 14.7 Å². The Balaban J connectivity index is 5.38. The van der Waals surface area contributed by atoms with E-state index in [9.17, 15) is 13.2 Å². The molecule has 2 N–H and O–H groups in total. The molecule has 0 fully saturated rings. The summed E-state index contributed by atoms with van der Waals surface area (Å²) in [5, 5.41) is 13.9. The van der Waals surface area contributed by atoms with Gasteiger partial charge in [-0.15, -0.1) is 0 Å². The molecule has 100 valence electrons. The molecule has 0 aliphatic rings. The molecule has 17 heavy (non-hydrogen) atoms. The monoisotopic (exact) mass is 266 g/mol. The largest absolute Gasteiger partial charge is 0.408 e. The minimum absolute atomic E-state index is 0.492. The van der Waals surface area contributed by atoms with Crippen LogP contribution in [0.1, 0.15) is 20.8 Å². The third-order valence-electron chi connectivity index (χ3n) is 1.96. The summed E-state index contributed by atoms with van der Waals surface area (Å²) < 4.78 is 26.5. The summed E-state index contributed by atoms with van der Waals surface area (Å²) >= 11 is 0. The Labute approximate surface area is 101 Å².